The summed E-state index contributed by atoms with van der Waals surface area (Å²) in [5.41, 5.74) is 6.48. The lowest BCUT2D eigenvalue weighted by Crippen LogP contribution is -2.46. The van der Waals surface area contributed by atoms with Crippen LogP contribution in [0.2, 0.25) is 0 Å². The number of hydrogen-bond acceptors (Lipinski definition) is 5. The number of benzene rings is 1. The molecule has 3 aromatic heterocycles. The second-order valence-corrected chi connectivity index (χ2v) is 11.2. The van der Waals surface area contributed by atoms with E-state index in [1.165, 1.54) is 24.8 Å². The smallest absolute Gasteiger partial charge is 0.298 e. The van der Waals surface area contributed by atoms with Crippen LogP contribution in [0.5, 0.6) is 0 Å². The zero-order valence-corrected chi connectivity index (χ0v) is 23.4. The van der Waals surface area contributed by atoms with Crippen LogP contribution < -0.4 is 15.1 Å². The molecule has 1 aliphatic heterocycles. The molecule has 0 atom stereocenters. The van der Waals surface area contributed by atoms with E-state index in [4.69, 9.17) is 4.98 Å². The highest BCUT2D eigenvalue weighted by molar-refractivity contribution is 6.46. The van der Waals surface area contributed by atoms with Crippen molar-refractivity contribution in [3.05, 3.63) is 89.4 Å². The summed E-state index contributed by atoms with van der Waals surface area (Å²) in [6.07, 6.45) is 7.59. The number of anilines is 3. The van der Waals surface area contributed by atoms with Gasteiger partial charge in [-0.3, -0.25) is 9.59 Å². The number of pyridine rings is 2. The van der Waals surface area contributed by atoms with Crippen molar-refractivity contribution in [1.82, 2.24) is 9.38 Å². The maximum atomic E-state index is 13.5. The molecule has 7 heteroatoms. The average molecular weight is 536 g/mol. The molecule has 1 aliphatic carbocycles. The van der Waals surface area contributed by atoms with Crippen molar-refractivity contribution in [2.75, 3.05) is 41.3 Å². The molecule has 1 saturated heterocycles. The normalized spacial score (nSPS) is 16.4. The fraction of sp³-hybridized carbons (Fsp3) is 0.364. The summed E-state index contributed by atoms with van der Waals surface area (Å²) in [4.78, 5) is 36.1. The van der Waals surface area contributed by atoms with Gasteiger partial charge in [0.25, 0.3) is 11.7 Å². The highest BCUT2D eigenvalue weighted by atomic mass is 16.2. The Morgan fingerprint density at radius 1 is 0.850 bits per heavy atom. The second kappa shape index (κ2) is 11.2. The molecule has 1 aromatic carbocycles. The summed E-state index contributed by atoms with van der Waals surface area (Å²) in [5, 5.41) is 2.86. The summed E-state index contributed by atoms with van der Waals surface area (Å²) in [5.74, 6) is 0.295. The molecule has 4 heterocycles. The van der Waals surface area contributed by atoms with Crippen LogP contribution in [0.4, 0.5) is 17.2 Å². The van der Waals surface area contributed by atoms with Gasteiger partial charge in [-0.2, -0.15) is 0 Å². The first-order valence-electron chi connectivity index (χ1n) is 14.5. The lowest BCUT2D eigenvalue weighted by Gasteiger charge is -2.37. The molecular formula is C33H37N5O2. The van der Waals surface area contributed by atoms with Gasteiger partial charge in [0.05, 0.1) is 0 Å². The van der Waals surface area contributed by atoms with Crippen LogP contribution in [-0.2, 0) is 4.79 Å². The summed E-state index contributed by atoms with van der Waals surface area (Å²) in [7, 11) is 0. The third kappa shape index (κ3) is 5.33. The first-order chi connectivity index (χ1) is 19.5. The molecule has 2 aliphatic rings. The third-order valence-corrected chi connectivity index (χ3v) is 8.35. The number of hydrogen-bond donors (Lipinski definition) is 1. The van der Waals surface area contributed by atoms with Crippen LogP contribution >= 0.6 is 0 Å². The summed E-state index contributed by atoms with van der Waals surface area (Å²) in [6, 6.07) is 20.0. The van der Waals surface area contributed by atoms with E-state index < -0.39 is 11.7 Å². The molecule has 206 valence electrons. The molecular weight excluding hydrogens is 498 g/mol. The standard InChI is InChI=1S/C33H37N5O2/c1-23-20-24(2)34-30(21-23)37-18-16-36(17-19-37)27-13-11-26(12-14-27)35-33(40)32(39)31-29(25-8-4-3-5-9-25)22-28-10-6-7-15-38(28)31/h6-7,10-15,20-22,25H,3-5,8-9,16-19H2,1-2H3,(H,35,40). The molecule has 4 aromatic rings. The van der Waals surface area contributed by atoms with E-state index in [1.54, 1.807) is 0 Å². The molecule has 0 unspecified atom stereocenters. The SMILES string of the molecule is Cc1cc(C)nc(N2CCN(c3ccc(NC(=O)C(=O)c4c(C5CCCCC5)cc5ccccn45)cc3)CC2)c1. The van der Waals surface area contributed by atoms with Crippen molar-refractivity contribution < 1.29 is 9.59 Å². The van der Waals surface area contributed by atoms with Gasteiger partial charge in [0.2, 0.25) is 0 Å². The van der Waals surface area contributed by atoms with E-state index in [0.29, 0.717) is 17.3 Å². The number of aromatic nitrogens is 2. The van der Waals surface area contributed by atoms with Crippen molar-refractivity contribution in [2.45, 2.75) is 51.9 Å². The first kappa shape index (κ1) is 26.1. The number of fused-ring (bicyclic) bond motifs is 1. The van der Waals surface area contributed by atoms with Gasteiger partial charge in [0.15, 0.2) is 0 Å². The number of rotatable bonds is 6. The Labute approximate surface area is 235 Å². The van der Waals surface area contributed by atoms with Crippen molar-refractivity contribution >= 4 is 34.4 Å². The summed E-state index contributed by atoms with van der Waals surface area (Å²) < 4.78 is 1.88. The zero-order chi connectivity index (χ0) is 27.6. The van der Waals surface area contributed by atoms with Gasteiger partial charge in [-0.15, -0.1) is 0 Å². The minimum absolute atomic E-state index is 0.325. The second-order valence-electron chi connectivity index (χ2n) is 11.2. The average Bonchev–Trinajstić information content (AvgIpc) is 3.37. The third-order valence-electron chi connectivity index (χ3n) is 8.35. The highest BCUT2D eigenvalue weighted by Gasteiger charge is 2.29. The number of amides is 1. The Morgan fingerprint density at radius 3 is 2.30 bits per heavy atom. The Hall–Kier alpha value is -4.13. The predicted molar refractivity (Wildman–Crippen MR) is 161 cm³/mol. The van der Waals surface area contributed by atoms with Crippen LogP contribution in [0.15, 0.2) is 66.9 Å². The van der Waals surface area contributed by atoms with Gasteiger partial charge < -0.3 is 19.5 Å². The number of carbonyl (C=O) groups excluding carboxylic acids is 2. The minimum atomic E-state index is -0.594. The number of nitrogens with one attached hydrogen (secondary N) is 1. The molecule has 7 nitrogen and oxygen atoms in total. The number of piperazine rings is 1. The van der Waals surface area contributed by atoms with E-state index in [9.17, 15) is 9.59 Å². The van der Waals surface area contributed by atoms with Crippen LogP contribution in [0.1, 0.15) is 65.3 Å². The summed E-state index contributed by atoms with van der Waals surface area (Å²) >= 11 is 0. The van der Waals surface area contributed by atoms with E-state index in [0.717, 1.165) is 67.3 Å². The largest absolute Gasteiger partial charge is 0.368 e. The quantitative estimate of drug-likeness (QED) is 0.237. The molecule has 0 radical (unpaired) electrons. The Balaban J connectivity index is 1.12. The number of Topliss-reactive ketones (excluding diaryl/α,β-unsaturated/α-hetero) is 1. The van der Waals surface area contributed by atoms with E-state index in [-0.39, 0.29) is 0 Å². The molecule has 2 fully saturated rings. The van der Waals surface area contributed by atoms with Gasteiger partial charge in [-0.25, -0.2) is 4.98 Å². The van der Waals surface area contributed by atoms with Crippen molar-refractivity contribution in [1.29, 1.82) is 0 Å². The van der Waals surface area contributed by atoms with Gasteiger partial charge in [-0.1, -0.05) is 25.3 Å². The maximum Gasteiger partial charge on any atom is 0.298 e. The topological polar surface area (TPSA) is 70.0 Å². The lowest BCUT2D eigenvalue weighted by atomic mass is 9.83. The van der Waals surface area contributed by atoms with Crippen LogP contribution in [-0.4, -0.2) is 47.3 Å². The van der Waals surface area contributed by atoms with Crippen molar-refractivity contribution in [3.63, 3.8) is 0 Å². The van der Waals surface area contributed by atoms with E-state index >= 15 is 0 Å². The molecule has 40 heavy (non-hydrogen) atoms. The fourth-order valence-corrected chi connectivity index (χ4v) is 6.34. The van der Waals surface area contributed by atoms with Gasteiger partial charge >= 0.3 is 0 Å². The molecule has 1 N–H and O–H groups in total. The van der Waals surface area contributed by atoms with Crippen LogP contribution in [0, 0.1) is 13.8 Å². The van der Waals surface area contributed by atoms with Gasteiger partial charge in [0, 0.05) is 55.0 Å². The maximum absolute atomic E-state index is 13.5. The number of ketones is 1. The molecule has 0 spiro atoms. The minimum Gasteiger partial charge on any atom is -0.368 e. The molecule has 0 bridgehead atoms. The van der Waals surface area contributed by atoms with Crippen LogP contribution in [0.25, 0.3) is 5.52 Å². The Morgan fingerprint density at radius 2 is 1.57 bits per heavy atom. The highest BCUT2D eigenvalue weighted by Crippen LogP contribution is 2.36. The predicted octanol–water partition coefficient (Wildman–Crippen LogP) is 6.15. The van der Waals surface area contributed by atoms with E-state index in [1.807, 2.05) is 60.0 Å². The first-order valence-corrected chi connectivity index (χ1v) is 14.5. The van der Waals surface area contributed by atoms with E-state index in [2.05, 4.69) is 40.2 Å². The Bertz CT molecular complexity index is 1510. The molecule has 1 amide bonds. The monoisotopic (exact) mass is 535 g/mol. The zero-order valence-electron chi connectivity index (χ0n) is 23.4. The van der Waals surface area contributed by atoms with Crippen LogP contribution in [0.3, 0.4) is 0 Å². The summed E-state index contributed by atoms with van der Waals surface area (Å²) in [6.45, 7) is 7.74. The molecule has 6 rings (SSSR count). The number of nitrogens with zero attached hydrogens (tertiary/aromatic N) is 4. The van der Waals surface area contributed by atoms with Crippen molar-refractivity contribution in [2.24, 2.45) is 0 Å². The lowest BCUT2D eigenvalue weighted by molar-refractivity contribution is -0.112. The Kier molecular flexibility index (Phi) is 7.29. The molecule has 1 saturated carbocycles. The fourth-order valence-electron chi connectivity index (χ4n) is 6.34. The number of carbonyl (C=O) groups is 2. The van der Waals surface area contributed by atoms with Gasteiger partial charge in [0.1, 0.15) is 11.5 Å². The number of aryl methyl sites for hydroxylation is 2. The van der Waals surface area contributed by atoms with Gasteiger partial charge in [-0.05, 0) is 98.3 Å². The van der Waals surface area contributed by atoms with Crippen molar-refractivity contribution in [3.8, 4) is 0 Å².